The van der Waals surface area contributed by atoms with Crippen molar-refractivity contribution in [2.45, 2.75) is 6.42 Å². The van der Waals surface area contributed by atoms with Crippen LogP contribution in [0.4, 0.5) is 5.69 Å². The van der Waals surface area contributed by atoms with Gasteiger partial charge in [0.1, 0.15) is 0 Å². The second kappa shape index (κ2) is 7.43. The Morgan fingerprint density at radius 1 is 1.15 bits per heavy atom. The third-order valence-electron chi connectivity index (χ3n) is 3.83. The summed E-state index contributed by atoms with van der Waals surface area (Å²) in [6.07, 6.45) is 1.45. The molecule has 3 aromatic rings. The zero-order chi connectivity index (χ0) is 18.5. The first kappa shape index (κ1) is 17.1. The molecule has 3 rings (SSSR count). The molecule has 1 amide bonds. The van der Waals surface area contributed by atoms with E-state index in [1.807, 2.05) is 42.5 Å². The molecule has 0 saturated heterocycles. The summed E-state index contributed by atoms with van der Waals surface area (Å²) in [7, 11) is 0. The van der Waals surface area contributed by atoms with Crippen molar-refractivity contribution in [2.24, 2.45) is 5.10 Å². The van der Waals surface area contributed by atoms with Gasteiger partial charge in [0, 0.05) is 11.6 Å². The van der Waals surface area contributed by atoms with Crippen molar-refractivity contribution >= 4 is 28.6 Å². The first-order valence-corrected chi connectivity index (χ1v) is 7.80. The fourth-order valence-corrected chi connectivity index (χ4v) is 2.60. The minimum atomic E-state index is -0.689. The molecule has 0 saturated carbocycles. The average Bonchev–Trinajstić information content (AvgIpc) is 2.63. The summed E-state index contributed by atoms with van der Waals surface area (Å²) in [6, 6.07) is 17.4. The maximum absolute atomic E-state index is 12.1. The summed E-state index contributed by atoms with van der Waals surface area (Å²) in [5.41, 5.74) is 3.26. The predicted octanol–water partition coefficient (Wildman–Crippen LogP) is 3.15. The minimum Gasteiger partial charge on any atom is -0.502 e. The van der Waals surface area contributed by atoms with E-state index in [9.17, 15) is 20.0 Å². The molecule has 0 aliphatic carbocycles. The Morgan fingerprint density at radius 2 is 1.92 bits per heavy atom. The van der Waals surface area contributed by atoms with Crippen LogP contribution in [0.3, 0.4) is 0 Å². The Labute approximate surface area is 148 Å². The van der Waals surface area contributed by atoms with Gasteiger partial charge in [0.25, 0.3) is 0 Å². The number of nitrogens with one attached hydrogen (secondary N) is 1. The second-order valence-electron chi connectivity index (χ2n) is 5.61. The molecule has 2 N–H and O–H groups in total. The highest BCUT2D eigenvalue weighted by molar-refractivity contribution is 5.90. The lowest BCUT2D eigenvalue weighted by Gasteiger charge is -2.05. The number of nitro benzene ring substituents is 1. The van der Waals surface area contributed by atoms with E-state index in [1.165, 1.54) is 24.4 Å². The summed E-state index contributed by atoms with van der Waals surface area (Å²) in [5, 5.41) is 26.1. The van der Waals surface area contributed by atoms with Crippen molar-refractivity contribution in [1.29, 1.82) is 0 Å². The van der Waals surface area contributed by atoms with Crippen LogP contribution in [0.15, 0.2) is 65.8 Å². The first-order chi connectivity index (χ1) is 12.5. The van der Waals surface area contributed by atoms with E-state index in [0.29, 0.717) is 5.56 Å². The van der Waals surface area contributed by atoms with Gasteiger partial charge in [-0.1, -0.05) is 42.5 Å². The number of hydrogen-bond donors (Lipinski definition) is 2. The molecular formula is C19H15N3O4. The fraction of sp³-hybridized carbons (Fsp3) is 0.0526. The quantitative estimate of drug-likeness (QED) is 0.419. The maximum atomic E-state index is 12.1. The number of rotatable bonds is 5. The fourth-order valence-electron chi connectivity index (χ4n) is 2.60. The summed E-state index contributed by atoms with van der Waals surface area (Å²) in [4.78, 5) is 22.2. The number of aromatic hydroxyl groups is 1. The molecule has 130 valence electrons. The molecule has 0 aliphatic heterocycles. The van der Waals surface area contributed by atoms with Gasteiger partial charge in [-0.05, 0) is 28.5 Å². The van der Waals surface area contributed by atoms with Crippen LogP contribution in [0.5, 0.6) is 5.75 Å². The molecule has 0 bridgehead atoms. The molecule has 0 heterocycles. The monoisotopic (exact) mass is 349 g/mol. The summed E-state index contributed by atoms with van der Waals surface area (Å²) >= 11 is 0. The highest BCUT2D eigenvalue weighted by atomic mass is 16.6. The van der Waals surface area contributed by atoms with Crippen LogP contribution in [-0.2, 0) is 11.2 Å². The van der Waals surface area contributed by atoms with E-state index in [-0.39, 0.29) is 12.3 Å². The van der Waals surface area contributed by atoms with E-state index in [2.05, 4.69) is 10.5 Å². The lowest BCUT2D eigenvalue weighted by molar-refractivity contribution is -0.385. The SMILES string of the molecule is O=C(Cc1cccc2ccccc12)NN=Cc1ccc(O)c([N+](=O)[O-])c1. The van der Waals surface area contributed by atoms with Gasteiger partial charge in [-0.3, -0.25) is 14.9 Å². The molecule has 3 aromatic carbocycles. The third-order valence-corrected chi connectivity index (χ3v) is 3.83. The van der Waals surface area contributed by atoms with Gasteiger partial charge in [0.15, 0.2) is 5.75 Å². The Bertz CT molecular complexity index is 1010. The van der Waals surface area contributed by atoms with Gasteiger partial charge < -0.3 is 5.11 Å². The van der Waals surface area contributed by atoms with Gasteiger partial charge >= 0.3 is 5.69 Å². The lowest BCUT2D eigenvalue weighted by Crippen LogP contribution is -2.19. The largest absolute Gasteiger partial charge is 0.502 e. The van der Waals surface area contributed by atoms with Crippen molar-refractivity contribution in [3.8, 4) is 5.75 Å². The number of carbonyl (C=O) groups is 1. The van der Waals surface area contributed by atoms with Crippen molar-refractivity contribution in [3.05, 3.63) is 81.9 Å². The van der Waals surface area contributed by atoms with E-state index >= 15 is 0 Å². The Hall–Kier alpha value is -3.74. The molecule has 7 heteroatoms. The molecule has 26 heavy (non-hydrogen) atoms. The Morgan fingerprint density at radius 3 is 2.73 bits per heavy atom. The zero-order valence-corrected chi connectivity index (χ0v) is 13.6. The molecule has 0 radical (unpaired) electrons. The summed E-state index contributed by atoms with van der Waals surface area (Å²) < 4.78 is 0. The third kappa shape index (κ3) is 3.84. The number of phenols is 1. The van der Waals surface area contributed by atoms with E-state index in [4.69, 9.17) is 0 Å². The Balaban J connectivity index is 1.68. The Kier molecular flexibility index (Phi) is 4.89. The molecular weight excluding hydrogens is 334 g/mol. The number of amides is 1. The van der Waals surface area contributed by atoms with E-state index < -0.39 is 16.4 Å². The van der Waals surface area contributed by atoms with Gasteiger partial charge in [-0.25, -0.2) is 5.43 Å². The lowest BCUT2D eigenvalue weighted by atomic mass is 10.0. The number of nitro groups is 1. The van der Waals surface area contributed by atoms with Crippen molar-refractivity contribution < 1.29 is 14.8 Å². The predicted molar refractivity (Wildman–Crippen MR) is 98.1 cm³/mol. The number of phenolic OH excluding ortho intramolecular Hbond substituents is 1. The number of fused-ring (bicyclic) bond motifs is 1. The zero-order valence-electron chi connectivity index (χ0n) is 13.6. The molecule has 0 aliphatic rings. The first-order valence-electron chi connectivity index (χ1n) is 7.80. The average molecular weight is 349 g/mol. The molecule has 0 unspecified atom stereocenters. The van der Waals surface area contributed by atoms with Crippen molar-refractivity contribution in [3.63, 3.8) is 0 Å². The minimum absolute atomic E-state index is 0.161. The summed E-state index contributed by atoms with van der Waals surface area (Å²) in [5.74, 6) is -0.724. The van der Waals surface area contributed by atoms with Crippen LogP contribution < -0.4 is 5.43 Å². The van der Waals surface area contributed by atoms with Gasteiger partial charge in [0.2, 0.25) is 5.91 Å². The smallest absolute Gasteiger partial charge is 0.311 e. The molecule has 0 spiro atoms. The normalized spacial score (nSPS) is 10.9. The second-order valence-corrected chi connectivity index (χ2v) is 5.61. The number of hydrogen-bond acceptors (Lipinski definition) is 5. The number of benzene rings is 3. The van der Waals surface area contributed by atoms with Crippen LogP contribution in [0, 0.1) is 10.1 Å². The van der Waals surface area contributed by atoms with Crippen molar-refractivity contribution in [1.82, 2.24) is 5.43 Å². The van der Waals surface area contributed by atoms with Gasteiger partial charge in [0.05, 0.1) is 17.6 Å². The van der Waals surface area contributed by atoms with Crippen LogP contribution in [0.1, 0.15) is 11.1 Å². The van der Waals surface area contributed by atoms with Crippen LogP contribution in [-0.4, -0.2) is 22.2 Å². The van der Waals surface area contributed by atoms with Crippen LogP contribution >= 0.6 is 0 Å². The van der Waals surface area contributed by atoms with Crippen LogP contribution in [0.2, 0.25) is 0 Å². The topological polar surface area (TPSA) is 105 Å². The number of nitrogens with zero attached hydrogens (tertiary/aromatic N) is 2. The van der Waals surface area contributed by atoms with E-state index in [0.717, 1.165) is 16.3 Å². The van der Waals surface area contributed by atoms with Gasteiger partial charge in [-0.15, -0.1) is 0 Å². The molecule has 0 fully saturated rings. The van der Waals surface area contributed by atoms with Gasteiger partial charge in [-0.2, -0.15) is 5.10 Å². The standard InChI is InChI=1S/C19H15N3O4/c23-18-9-8-13(10-17(18)22(25)26)12-20-21-19(24)11-15-6-3-5-14-4-1-2-7-16(14)15/h1-10,12,23H,11H2,(H,21,24). The number of hydrazone groups is 1. The van der Waals surface area contributed by atoms with E-state index in [1.54, 1.807) is 0 Å². The highest BCUT2D eigenvalue weighted by Gasteiger charge is 2.12. The number of carbonyl (C=O) groups excluding carboxylic acids is 1. The van der Waals surface area contributed by atoms with Crippen LogP contribution in [0.25, 0.3) is 10.8 Å². The molecule has 7 nitrogen and oxygen atoms in total. The van der Waals surface area contributed by atoms with Crippen molar-refractivity contribution in [2.75, 3.05) is 0 Å². The summed E-state index contributed by atoms with van der Waals surface area (Å²) in [6.45, 7) is 0. The highest BCUT2D eigenvalue weighted by Crippen LogP contribution is 2.25. The maximum Gasteiger partial charge on any atom is 0.311 e. The molecule has 0 atom stereocenters. The molecule has 0 aromatic heterocycles.